The molecule has 1 saturated heterocycles. The van der Waals surface area contributed by atoms with Gasteiger partial charge in [0.1, 0.15) is 30.2 Å². The molecule has 0 saturated carbocycles. The van der Waals surface area contributed by atoms with Crippen molar-refractivity contribution >= 4 is 17.6 Å². The predicted octanol–water partition coefficient (Wildman–Crippen LogP) is -0.776. The second kappa shape index (κ2) is 9.26. The number of alkyl halides is 1. The van der Waals surface area contributed by atoms with Crippen LogP contribution in [0.1, 0.15) is 5.76 Å². The van der Waals surface area contributed by atoms with Crippen molar-refractivity contribution in [1.29, 1.82) is 0 Å². The number of halogens is 1. The van der Waals surface area contributed by atoms with Crippen LogP contribution in [0, 0.1) is 4.91 Å². The Morgan fingerprint density at radius 3 is 2.54 bits per heavy atom. The summed E-state index contributed by atoms with van der Waals surface area (Å²) in [7, 11) is 0. The average molecular weight is 394 g/mol. The highest BCUT2D eigenvalue weighted by Crippen LogP contribution is 2.26. The molecular formula is C14H20ClN3O8. The lowest BCUT2D eigenvalue weighted by Crippen LogP contribution is -2.64. The van der Waals surface area contributed by atoms with Gasteiger partial charge in [-0.05, 0) is 12.1 Å². The molecule has 12 heteroatoms. The van der Waals surface area contributed by atoms with E-state index in [-0.39, 0.29) is 19.0 Å². The summed E-state index contributed by atoms with van der Waals surface area (Å²) in [6, 6.07) is 2.16. The summed E-state index contributed by atoms with van der Waals surface area (Å²) in [5, 5.41) is 42.5. The Morgan fingerprint density at radius 1 is 1.27 bits per heavy atom. The summed E-state index contributed by atoms with van der Waals surface area (Å²) in [5.74, 6) is 0.229. The van der Waals surface area contributed by atoms with Crippen LogP contribution in [0.3, 0.4) is 0 Å². The molecule has 0 bridgehead atoms. The van der Waals surface area contributed by atoms with Gasteiger partial charge in [-0.3, -0.25) is 4.90 Å². The number of furan rings is 1. The highest BCUT2D eigenvalue weighted by molar-refractivity contribution is 6.18. The highest BCUT2D eigenvalue weighted by atomic mass is 35.5. The van der Waals surface area contributed by atoms with Crippen molar-refractivity contribution in [2.75, 3.05) is 19.0 Å². The number of amides is 2. The van der Waals surface area contributed by atoms with Gasteiger partial charge in [0.05, 0.1) is 31.2 Å². The Bertz CT molecular complexity index is 587. The minimum absolute atomic E-state index is 0.0687. The maximum Gasteiger partial charge on any atom is 0.345 e. The number of ether oxygens (including phenoxy) is 1. The van der Waals surface area contributed by atoms with Crippen molar-refractivity contribution in [1.82, 2.24) is 9.91 Å². The van der Waals surface area contributed by atoms with E-state index >= 15 is 0 Å². The number of nitroso groups, excluding NO2 is 1. The van der Waals surface area contributed by atoms with Gasteiger partial charge in [0.15, 0.2) is 6.23 Å². The highest BCUT2D eigenvalue weighted by Gasteiger charge is 2.47. The molecule has 0 aliphatic carbocycles. The van der Waals surface area contributed by atoms with Crippen LogP contribution in [-0.4, -0.2) is 86.0 Å². The van der Waals surface area contributed by atoms with Crippen molar-refractivity contribution in [3.8, 4) is 0 Å². The van der Waals surface area contributed by atoms with Crippen LogP contribution in [0.4, 0.5) is 4.79 Å². The maximum atomic E-state index is 12.7. The number of carbonyl (C=O) groups is 1. The minimum atomic E-state index is -1.71. The summed E-state index contributed by atoms with van der Waals surface area (Å²) < 4.78 is 10.6. The first kappa shape index (κ1) is 20.6. The number of nitrogens with zero attached hydrogens (tertiary/aromatic N) is 3. The molecule has 1 fully saturated rings. The van der Waals surface area contributed by atoms with E-state index in [1.165, 1.54) is 6.26 Å². The molecule has 2 amide bonds. The third kappa shape index (κ3) is 4.31. The quantitative estimate of drug-likeness (QED) is 0.267. The Balaban J connectivity index is 2.32. The van der Waals surface area contributed by atoms with Crippen LogP contribution in [0.5, 0.6) is 0 Å². The van der Waals surface area contributed by atoms with Gasteiger partial charge in [0.25, 0.3) is 0 Å². The normalized spacial score (nSPS) is 28.6. The number of rotatable bonds is 7. The monoisotopic (exact) mass is 393 g/mol. The number of aliphatic hydroxyl groups is 4. The van der Waals surface area contributed by atoms with Gasteiger partial charge in [-0.25, -0.2) is 4.79 Å². The van der Waals surface area contributed by atoms with E-state index in [4.69, 9.17) is 20.8 Å². The Labute approximate surface area is 153 Å². The number of hydrogen-bond donors (Lipinski definition) is 4. The molecule has 1 aliphatic heterocycles. The van der Waals surface area contributed by atoms with Gasteiger partial charge < -0.3 is 29.6 Å². The van der Waals surface area contributed by atoms with Crippen molar-refractivity contribution < 1.29 is 34.4 Å². The molecule has 2 rings (SSSR count). The number of hydrogen-bond acceptors (Lipinski definition) is 9. The number of urea groups is 1. The third-order valence-corrected chi connectivity index (χ3v) is 4.11. The number of aliphatic hydroxyl groups excluding tert-OH is 4. The molecule has 11 nitrogen and oxygen atoms in total. The fourth-order valence-corrected chi connectivity index (χ4v) is 2.74. The van der Waals surface area contributed by atoms with Gasteiger partial charge in [0.2, 0.25) is 0 Å². The molecular weight excluding hydrogens is 374 g/mol. The van der Waals surface area contributed by atoms with E-state index in [1.807, 2.05) is 0 Å². The van der Waals surface area contributed by atoms with Gasteiger partial charge in [0, 0.05) is 5.88 Å². The Hall–Kier alpha value is -1.76. The lowest BCUT2D eigenvalue weighted by Gasteiger charge is -2.44. The van der Waals surface area contributed by atoms with Gasteiger partial charge >= 0.3 is 6.03 Å². The van der Waals surface area contributed by atoms with Crippen LogP contribution in [-0.2, 0) is 11.3 Å². The first-order chi connectivity index (χ1) is 12.4. The smallest absolute Gasteiger partial charge is 0.345 e. The molecule has 2 heterocycles. The van der Waals surface area contributed by atoms with Gasteiger partial charge in [-0.15, -0.1) is 16.5 Å². The molecule has 1 unspecified atom stereocenters. The van der Waals surface area contributed by atoms with Crippen molar-refractivity contribution in [3.63, 3.8) is 0 Å². The van der Waals surface area contributed by atoms with Crippen LogP contribution in [0.2, 0.25) is 0 Å². The van der Waals surface area contributed by atoms with Crippen LogP contribution in [0.25, 0.3) is 0 Å². The van der Waals surface area contributed by atoms with E-state index < -0.39 is 43.3 Å². The van der Waals surface area contributed by atoms with Crippen LogP contribution >= 0.6 is 11.6 Å². The van der Waals surface area contributed by atoms with Crippen molar-refractivity contribution in [2.45, 2.75) is 37.2 Å². The Morgan fingerprint density at radius 2 is 2.00 bits per heavy atom. The molecule has 0 radical (unpaired) electrons. The van der Waals surface area contributed by atoms with Gasteiger partial charge in [-0.2, -0.15) is 5.01 Å². The van der Waals surface area contributed by atoms with Crippen LogP contribution < -0.4 is 0 Å². The zero-order chi connectivity index (χ0) is 19.3. The topological polar surface area (TPSA) is 156 Å². The lowest BCUT2D eigenvalue weighted by molar-refractivity contribution is -0.259. The molecule has 0 spiro atoms. The summed E-state index contributed by atoms with van der Waals surface area (Å²) in [4.78, 5) is 24.5. The van der Waals surface area contributed by atoms with E-state index in [0.717, 1.165) is 4.90 Å². The van der Waals surface area contributed by atoms with E-state index in [2.05, 4.69) is 5.29 Å². The van der Waals surface area contributed by atoms with Crippen molar-refractivity contribution in [2.24, 2.45) is 5.29 Å². The van der Waals surface area contributed by atoms with Crippen molar-refractivity contribution in [3.05, 3.63) is 29.1 Å². The van der Waals surface area contributed by atoms with E-state index in [1.54, 1.807) is 12.1 Å². The summed E-state index contributed by atoms with van der Waals surface area (Å²) in [6.45, 7) is -1.10. The van der Waals surface area contributed by atoms with E-state index in [9.17, 15) is 30.1 Å². The van der Waals surface area contributed by atoms with Gasteiger partial charge in [-0.1, -0.05) is 0 Å². The molecule has 4 N–H and O–H groups in total. The standard InChI is InChI=1S/C14H20ClN3O8/c15-3-4-18(16-24)14(23)17(6-8-2-1-5-25-8)13-12(22)11(21)10(20)9(7-19)26-13/h1-2,5,9-13,19-22H,3-4,6-7H2/t9-,10+,11+,12-,13?/m1/s1. The predicted molar refractivity (Wildman–Crippen MR) is 86.6 cm³/mol. The minimum Gasteiger partial charge on any atom is -0.467 e. The molecule has 1 aliphatic rings. The first-order valence-electron chi connectivity index (χ1n) is 7.74. The second-order valence-electron chi connectivity index (χ2n) is 5.60. The zero-order valence-corrected chi connectivity index (χ0v) is 14.3. The SMILES string of the molecule is O=NN(CCCl)C(=O)N(Cc1ccco1)C1O[C@H](CO)[C@H](O)[C@H](O)[C@H]1O. The summed E-state index contributed by atoms with van der Waals surface area (Å²) >= 11 is 5.55. The Kier molecular flexibility index (Phi) is 7.32. The maximum absolute atomic E-state index is 12.7. The lowest BCUT2D eigenvalue weighted by atomic mass is 9.98. The molecule has 0 aromatic carbocycles. The molecule has 1 aromatic rings. The average Bonchev–Trinajstić information content (AvgIpc) is 3.15. The first-order valence-corrected chi connectivity index (χ1v) is 8.28. The summed E-state index contributed by atoms with van der Waals surface area (Å²) in [5.41, 5.74) is 0. The molecule has 26 heavy (non-hydrogen) atoms. The fourth-order valence-electron chi connectivity index (χ4n) is 2.58. The van der Waals surface area contributed by atoms with Crippen LogP contribution in [0.15, 0.2) is 28.1 Å². The zero-order valence-electron chi connectivity index (χ0n) is 13.6. The molecule has 1 aromatic heterocycles. The number of carbonyl (C=O) groups excluding carboxylic acids is 1. The van der Waals surface area contributed by atoms with E-state index in [0.29, 0.717) is 10.8 Å². The largest absolute Gasteiger partial charge is 0.467 e. The molecule has 146 valence electrons. The summed E-state index contributed by atoms with van der Waals surface area (Å²) in [6.07, 6.45) is -6.34. The third-order valence-electron chi connectivity index (χ3n) is 3.94. The fraction of sp³-hybridized carbons (Fsp3) is 0.643. The second-order valence-corrected chi connectivity index (χ2v) is 5.98. The molecule has 5 atom stereocenters.